The van der Waals surface area contributed by atoms with Crippen molar-refractivity contribution < 1.29 is 9.84 Å². The summed E-state index contributed by atoms with van der Waals surface area (Å²) in [4.78, 5) is 0. The second-order valence-corrected chi connectivity index (χ2v) is 6.38. The Hall–Kier alpha value is -0.380. The number of halogens is 1. The topological polar surface area (TPSA) is 29.5 Å². The fourth-order valence-corrected chi connectivity index (χ4v) is 4.04. The van der Waals surface area contributed by atoms with E-state index in [0.717, 1.165) is 23.5 Å². The molecule has 2 aliphatic rings. The molecule has 1 fully saturated rings. The molecule has 0 aromatic heterocycles. The Balaban J connectivity index is 1.94. The molecule has 2 unspecified atom stereocenters. The van der Waals surface area contributed by atoms with Crippen LogP contribution in [-0.2, 0) is 0 Å². The van der Waals surface area contributed by atoms with Crippen LogP contribution < -0.4 is 4.74 Å². The molecule has 92 valence electrons. The van der Waals surface area contributed by atoms with Crippen LogP contribution in [0.25, 0.3) is 0 Å². The van der Waals surface area contributed by atoms with Gasteiger partial charge in [0.15, 0.2) is 0 Å². The Bertz CT molecular complexity index is 429. The summed E-state index contributed by atoms with van der Waals surface area (Å²) >= 11 is 7.87. The van der Waals surface area contributed by atoms with E-state index in [2.05, 4.69) is 0 Å². The largest absolute Gasteiger partial charge is 0.486 e. The van der Waals surface area contributed by atoms with Crippen molar-refractivity contribution in [2.45, 2.75) is 31.0 Å². The normalized spacial score (nSPS) is 32.0. The second kappa shape index (κ2) is 4.38. The summed E-state index contributed by atoms with van der Waals surface area (Å²) < 4.78 is 6.15. The van der Waals surface area contributed by atoms with Crippen LogP contribution in [0.3, 0.4) is 0 Å². The zero-order valence-electron chi connectivity index (χ0n) is 9.49. The van der Waals surface area contributed by atoms with Crippen LogP contribution >= 0.6 is 23.4 Å². The SMILES string of the molecule is OC1CC2(CCCSC2)Oc2ccc(Cl)cc21. The van der Waals surface area contributed by atoms with Gasteiger partial charge < -0.3 is 9.84 Å². The lowest BCUT2D eigenvalue weighted by atomic mass is 9.86. The highest BCUT2D eigenvalue weighted by molar-refractivity contribution is 7.99. The number of thioether (sulfide) groups is 1. The molecule has 2 aliphatic heterocycles. The first-order valence-corrected chi connectivity index (χ1v) is 7.46. The predicted molar refractivity (Wildman–Crippen MR) is 70.9 cm³/mol. The molecular weight excluding hydrogens is 256 g/mol. The average molecular weight is 271 g/mol. The van der Waals surface area contributed by atoms with Gasteiger partial charge in [0.1, 0.15) is 11.4 Å². The summed E-state index contributed by atoms with van der Waals surface area (Å²) in [7, 11) is 0. The van der Waals surface area contributed by atoms with Crippen molar-refractivity contribution in [3.05, 3.63) is 28.8 Å². The number of benzene rings is 1. The minimum absolute atomic E-state index is 0.164. The third-order valence-corrected chi connectivity index (χ3v) is 5.05. The molecule has 0 aliphatic carbocycles. The second-order valence-electron chi connectivity index (χ2n) is 4.84. The van der Waals surface area contributed by atoms with Crippen molar-refractivity contribution in [1.29, 1.82) is 0 Å². The van der Waals surface area contributed by atoms with Crippen molar-refractivity contribution in [3.8, 4) is 5.75 Å². The lowest BCUT2D eigenvalue weighted by molar-refractivity contribution is -0.00551. The van der Waals surface area contributed by atoms with E-state index in [0.29, 0.717) is 11.4 Å². The van der Waals surface area contributed by atoms with Crippen LogP contribution in [0, 0.1) is 0 Å². The van der Waals surface area contributed by atoms with Gasteiger partial charge >= 0.3 is 0 Å². The summed E-state index contributed by atoms with van der Waals surface area (Å²) in [5.41, 5.74) is 0.669. The van der Waals surface area contributed by atoms with E-state index < -0.39 is 6.10 Å². The van der Waals surface area contributed by atoms with E-state index in [4.69, 9.17) is 16.3 Å². The fraction of sp³-hybridized carbons (Fsp3) is 0.538. The van der Waals surface area contributed by atoms with Crippen molar-refractivity contribution >= 4 is 23.4 Å². The van der Waals surface area contributed by atoms with Gasteiger partial charge in [-0.1, -0.05) is 11.6 Å². The van der Waals surface area contributed by atoms with E-state index in [9.17, 15) is 5.11 Å². The summed E-state index contributed by atoms with van der Waals surface area (Å²) in [6.07, 6.45) is 2.45. The Morgan fingerprint density at radius 2 is 2.35 bits per heavy atom. The van der Waals surface area contributed by atoms with E-state index in [1.807, 2.05) is 30.0 Å². The molecule has 1 saturated heterocycles. The Labute approximate surface area is 110 Å². The molecule has 2 heterocycles. The van der Waals surface area contributed by atoms with Gasteiger partial charge in [-0.2, -0.15) is 11.8 Å². The van der Waals surface area contributed by atoms with Gasteiger partial charge in [-0.05, 0) is 36.8 Å². The number of hydrogen-bond acceptors (Lipinski definition) is 3. The molecular formula is C13H15ClO2S. The molecule has 4 heteroatoms. The van der Waals surface area contributed by atoms with Crippen molar-refractivity contribution in [2.75, 3.05) is 11.5 Å². The van der Waals surface area contributed by atoms with Gasteiger partial charge in [0.25, 0.3) is 0 Å². The van der Waals surface area contributed by atoms with E-state index in [1.165, 1.54) is 12.2 Å². The molecule has 0 amide bonds. The average Bonchev–Trinajstić information content (AvgIpc) is 2.31. The Morgan fingerprint density at radius 1 is 1.47 bits per heavy atom. The first-order chi connectivity index (χ1) is 8.19. The predicted octanol–water partition coefficient (Wildman–Crippen LogP) is 3.42. The molecule has 17 heavy (non-hydrogen) atoms. The zero-order valence-corrected chi connectivity index (χ0v) is 11.1. The summed E-state index contributed by atoms with van der Waals surface area (Å²) in [6.45, 7) is 0. The highest BCUT2D eigenvalue weighted by Gasteiger charge is 2.41. The number of ether oxygens (including phenoxy) is 1. The molecule has 0 bridgehead atoms. The lowest BCUT2D eigenvalue weighted by Gasteiger charge is -2.42. The van der Waals surface area contributed by atoms with Gasteiger partial charge in [0, 0.05) is 22.8 Å². The number of aliphatic hydroxyl groups excluding tert-OH is 1. The van der Waals surface area contributed by atoms with Gasteiger partial charge in [0.2, 0.25) is 0 Å². The summed E-state index contributed by atoms with van der Waals surface area (Å²) in [5, 5.41) is 10.9. The van der Waals surface area contributed by atoms with Crippen LogP contribution in [0.15, 0.2) is 18.2 Å². The van der Waals surface area contributed by atoms with Crippen LogP contribution in [-0.4, -0.2) is 22.2 Å². The third-order valence-electron chi connectivity index (χ3n) is 3.51. The first-order valence-electron chi connectivity index (χ1n) is 5.93. The number of fused-ring (bicyclic) bond motifs is 1. The first kappa shape index (κ1) is 11.7. The fourth-order valence-electron chi connectivity index (χ4n) is 2.68. The molecule has 0 saturated carbocycles. The van der Waals surface area contributed by atoms with Crippen molar-refractivity contribution in [2.24, 2.45) is 0 Å². The highest BCUT2D eigenvalue weighted by Crippen LogP contribution is 2.45. The van der Waals surface area contributed by atoms with Gasteiger partial charge in [-0.25, -0.2) is 0 Å². The Kier molecular flexibility index (Phi) is 3.01. The monoisotopic (exact) mass is 270 g/mol. The maximum absolute atomic E-state index is 10.3. The summed E-state index contributed by atoms with van der Waals surface area (Å²) in [6, 6.07) is 5.51. The maximum atomic E-state index is 10.3. The molecule has 1 aromatic rings. The van der Waals surface area contributed by atoms with E-state index >= 15 is 0 Å². The molecule has 2 nitrogen and oxygen atoms in total. The molecule has 1 spiro atoms. The van der Waals surface area contributed by atoms with Gasteiger partial charge in [-0.15, -0.1) is 0 Å². The van der Waals surface area contributed by atoms with Crippen LogP contribution in [0.2, 0.25) is 5.02 Å². The van der Waals surface area contributed by atoms with Gasteiger partial charge in [-0.3, -0.25) is 0 Å². The highest BCUT2D eigenvalue weighted by atomic mass is 35.5. The number of hydrogen-bond donors (Lipinski definition) is 1. The standard InChI is InChI=1S/C13H15ClO2S/c14-9-2-3-12-10(6-9)11(15)7-13(16-12)4-1-5-17-8-13/h2-3,6,11,15H,1,4-5,7-8H2. The van der Waals surface area contributed by atoms with Gasteiger partial charge in [0.05, 0.1) is 6.10 Å². The molecule has 2 atom stereocenters. The molecule has 1 N–H and O–H groups in total. The zero-order chi connectivity index (χ0) is 11.9. The van der Waals surface area contributed by atoms with E-state index in [1.54, 1.807) is 0 Å². The van der Waals surface area contributed by atoms with Crippen molar-refractivity contribution in [3.63, 3.8) is 0 Å². The quantitative estimate of drug-likeness (QED) is 0.783. The molecule has 3 rings (SSSR count). The van der Waals surface area contributed by atoms with Crippen LogP contribution in [0.1, 0.15) is 30.9 Å². The summed E-state index contributed by atoms with van der Waals surface area (Å²) in [5.74, 6) is 2.98. The number of rotatable bonds is 0. The molecule has 1 aromatic carbocycles. The third kappa shape index (κ3) is 2.16. The lowest BCUT2D eigenvalue weighted by Crippen LogP contribution is -2.45. The minimum atomic E-state index is -0.448. The smallest absolute Gasteiger partial charge is 0.126 e. The van der Waals surface area contributed by atoms with E-state index in [-0.39, 0.29) is 5.60 Å². The van der Waals surface area contributed by atoms with Crippen molar-refractivity contribution in [1.82, 2.24) is 0 Å². The molecule has 0 radical (unpaired) electrons. The maximum Gasteiger partial charge on any atom is 0.126 e. The van der Waals surface area contributed by atoms with Crippen LogP contribution in [0.5, 0.6) is 5.75 Å². The van der Waals surface area contributed by atoms with Crippen LogP contribution in [0.4, 0.5) is 0 Å². The minimum Gasteiger partial charge on any atom is -0.486 e. The Morgan fingerprint density at radius 3 is 3.12 bits per heavy atom. The number of aliphatic hydroxyl groups is 1.